The summed E-state index contributed by atoms with van der Waals surface area (Å²) in [5.74, 6) is 1.75. The van der Waals surface area contributed by atoms with Crippen LogP contribution in [0.3, 0.4) is 0 Å². The second-order valence-electron chi connectivity index (χ2n) is 6.26. The lowest BCUT2D eigenvalue weighted by molar-refractivity contribution is 0.168. The molecule has 1 saturated heterocycles. The molecule has 0 unspecified atom stereocenters. The van der Waals surface area contributed by atoms with Crippen LogP contribution in [-0.2, 0) is 11.8 Å². The number of rotatable bonds is 1. The Morgan fingerprint density at radius 3 is 2.84 bits per heavy atom. The van der Waals surface area contributed by atoms with Gasteiger partial charge in [0.2, 0.25) is 0 Å². The van der Waals surface area contributed by atoms with Crippen molar-refractivity contribution in [2.24, 2.45) is 5.92 Å². The van der Waals surface area contributed by atoms with Gasteiger partial charge in [-0.1, -0.05) is 19.9 Å². The number of nitrogens with one attached hydrogen (secondary N) is 1. The Morgan fingerprint density at radius 2 is 2.11 bits per heavy atom. The summed E-state index contributed by atoms with van der Waals surface area (Å²) in [6, 6.07) is 7.26. The molecule has 3 rings (SSSR count). The monoisotopic (exact) mass is 281 g/mol. The van der Waals surface area contributed by atoms with Crippen molar-refractivity contribution in [1.82, 2.24) is 5.32 Å². The van der Waals surface area contributed by atoms with E-state index in [4.69, 9.17) is 4.74 Å². The molecule has 0 aromatic heterocycles. The highest BCUT2D eigenvalue weighted by atomic mass is 35.5. The van der Waals surface area contributed by atoms with E-state index in [2.05, 4.69) is 37.4 Å². The maximum atomic E-state index is 5.39. The summed E-state index contributed by atoms with van der Waals surface area (Å²) in [6.07, 6.45) is 3.83. The third-order valence-electron chi connectivity index (χ3n) is 4.96. The van der Waals surface area contributed by atoms with Crippen molar-refractivity contribution in [2.45, 2.75) is 44.6 Å². The maximum absolute atomic E-state index is 5.39. The first-order chi connectivity index (χ1) is 8.63. The van der Waals surface area contributed by atoms with Crippen molar-refractivity contribution in [2.75, 3.05) is 13.7 Å². The fourth-order valence-corrected chi connectivity index (χ4v) is 3.93. The lowest BCUT2D eigenvalue weighted by Crippen LogP contribution is -2.53. The van der Waals surface area contributed by atoms with E-state index in [1.807, 2.05) is 0 Å². The second kappa shape index (κ2) is 5.34. The van der Waals surface area contributed by atoms with Crippen molar-refractivity contribution in [3.63, 3.8) is 0 Å². The molecule has 0 saturated carbocycles. The Labute approximate surface area is 122 Å². The predicted molar refractivity (Wildman–Crippen MR) is 81.5 cm³/mol. The normalized spacial score (nSPS) is 27.7. The Balaban J connectivity index is 0.00000133. The molecule has 1 heterocycles. The number of halogens is 1. The minimum absolute atomic E-state index is 0. The molecule has 1 fully saturated rings. The number of hydrogen-bond donors (Lipinski definition) is 1. The SMILES string of the molecule is COc1ccc2c(c1)C(C)(C)[C@H]1CCCN[C@H]1C2.Cl. The van der Waals surface area contributed by atoms with Crippen molar-refractivity contribution < 1.29 is 4.74 Å². The van der Waals surface area contributed by atoms with Crippen LogP contribution in [0, 0.1) is 5.92 Å². The maximum Gasteiger partial charge on any atom is 0.119 e. The minimum Gasteiger partial charge on any atom is -0.497 e. The molecule has 0 bridgehead atoms. The molecule has 2 nitrogen and oxygen atoms in total. The third kappa shape index (κ3) is 2.36. The predicted octanol–water partition coefficient (Wildman–Crippen LogP) is 3.32. The van der Waals surface area contributed by atoms with Crippen molar-refractivity contribution in [1.29, 1.82) is 0 Å². The van der Waals surface area contributed by atoms with E-state index in [-0.39, 0.29) is 17.8 Å². The number of piperidine rings is 1. The lowest BCUT2D eigenvalue weighted by Gasteiger charge is -2.48. The molecule has 19 heavy (non-hydrogen) atoms. The van der Waals surface area contributed by atoms with Gasteiger partial charge >= 0.3 is 0 Å². The van der Waals surface area contributed by atoms with Gasteiger partial charge in [-0.25, -0.2) is 0 Å². The molecule has 0 amide bonds. The van der Waals surface area contributed by atoms with E-state index in [0.717, 1.165) is 11.7 Å². The molecule has 2 atom stereocenters. The van der Waals surface area contributed by atoms with Crippen LogP contribution >= 0.6 is 12.4 Å². The van der Waals surface area contributed by atoms with Crippen LogP contribution in [-0.4, -0.2) is 19.7 Å². The molecular weight excluding hydrogens is 258 g/mol. The van der Waals surface area contributed by atoms with Gasteiger partial charge in [-0.3, -0.25) is 0 Å². The van der Waals surface area contributed by atoms with E-state index in [1.165, 1.54) is 36.9 Å². The zero-order valence-electron chi connectivity index (χ0n) is 12.0. The Hall–Kier alpha value is -0.730. The van der Waals surface area contributed by atoms with E-state index in [9.17, 15) is 0 Å². The highest BCUT2D eigenvalue weighted by Gasteiger charge is 2.43. The Kier molecular flexibility index (Phi) is 4.12. The summed E-state index contributed by atoms with van der Waals surface area (Å²) < 4.78 is 5.39. The quantitative estimate of drug-likeness (QED) is 0.853. The highest BCUT2D eigenvalue weighted by molar-refractivity contribution is 5.85. The van der Waals surface area contributed by atoms with Gasteiger partial charge in [0.1, 0.15) is 5.75 Å². The molecule has 1 aliphatic heterocycles. The lowest BCUT2D eigenvalue weighted by atomic mass is 9.61. The van der Waals surface area contributed by atoms with Crippen LogP contribution < -0.4 is 10.1 Å². The molecule has 2 aliphatic rings. The van der Waals surface area contributed by atoms with Gasteiger partial charge in [-0.15, -0.1) is 12.4 Å². The number of hydrogen-bond acceptors (Lipinski definition) is 2. The van der Waals surface area contributed by atoms with Crippen LogP contribution in [0.25, 0.3) is 0 Å². The van der Waals surface area contributed by atoms with Gasteiger partial charge in [0, 0.05) is 6.04 Å². The van der Waals surface area contributed by atoms with Crippen LogP contribution in [0.2, 0.25) is 0 Å². The molecular formula is C16H24ClNO. The van der Waals surface area contributed by atoms with Gasteiger partial charge < -0.3 is 10.1 Å². The van der Waals surface area contributed by atoms with E-state index in [1.54, 1.807) is 7.11 Å². The first-order valence-electron chi connectivity index (χ1n) is 7.03. The number of benzene rings is 1. The van der Waals surface area contributed by atoms with Crippen molar-refractivity contribution in [3.8, 4) is 5.75 Å². The Morgan fingerprint density at radius 1 is 1.32 bits per heavy atom. The average molecular weight is 282 g/mol. The van der Waals surface area contributed by atoms with Gasteiger partial charge in [-0.05, 0) is 60.4 Å². The smallest absolute Gasteiger partial charge is 0.119 e. The second-order valence-corrected chi connectivity index (χ2v) is 6.26. The fourth-order valence-electron chi connectivity index (χ4n) is 3.93. The van der Waals surface area contributed by atoms with Gasteiger partial charge in [0.15, 0.2) is 0 Å². The van der Waals surface area contributed by atoms with Crippen LogP contribution in [0.4, 0.5) is 0 Å². The minimum atomic E-state index is 0. The molecule has 106 valence electrons. The number of methoxy groups -OCH3 is 1. The van der Waals surface area contributed by atoms with Crippen molar-refractivity contribution in [3.05, 3.63) is 29.3 Å². The van der Waals surface area contributed by atoms with Crippen LogP contribution in [0.1, 0.15) is 37.8 Å². The zero-order chi connectivity index (χ0) is 12.8. The van der Waals surface area contributed by atoms with Crippen molar-refractivity contribution >= 4 is 12.4 Å². The van der Waals surface area contributed by atoms with Crippen LogP contribution in [0.5, 0.6) is 5.75 Å². The molecule has 1 aromatic rings. The standard InChI is InChI=1S/C16H23NO.ClH/c1-16(2)13-5-4-8-17-15(13)9-11-6-7-12(18-3)10-14(11)16;/h6-7,10,13,15,17H,4-5,8-9H2,1-3H3;1H/t13-,15-;/m0./s1. The van der Waals surface area contributed by atoms with Gasteiger partial charge in [0.25, 0.3) is 0 Å². The van der Waals surface area contributed by atoms with E-state index < -0.39 is 0 Å². The summed E-state index contributed by atoms with van der Waals surface area (Å²) in [5, 5.41) is 3.71. The number of ether oxygens (including phenoxy) is 1. The molecule has 1 aliphatic carbocycles. The molecule has 3 heteroatoms. The third-order valence-corrected chi connectivity index (χ3v) is 4.96. The summed E-state index contributed by atoms with van der Waals surface area (Å²) in [7, 11) is 1.75. The van der Waals surface area contributed by atoms with Gasteiger partial charge in [-0.2, -0.15) is 0 Å². The topological polar surface area (TPSA) is 21.3 Å². The number of fused-ring (bicyclic) bond motifs is 2. The highest BCUT2D eigenvalue weighted by Crippen LogP contribution is 2.45. The fraction of sp³-hybridized carbons (Fsp3) is 0.625. The van der Waals surface area contributed by atoms with Crippen LogP contribution in [0.15, 0.2) is 18.2 Å². The first kappa shape index (κ1) is 14.7. The summed E-state index contributed by atoms with van der Waals surface area (Å²) in [4.78, 5) is 0. The first-order valence-corrected chi connectivity index (χ1v) is 7.03. The molecule has 1 aromatic carbocycles. The van der Waals surface area contributed by atoms with Gasteiger partial charge in [0.05, 0.1) is 7.11 Å². The summed E-state index contributed by atoms with van der Waals surface area (Å²) >= 11 is 0. The zero-order valence-corrected chi connectivity index (χ0v) is 12.8. The van der Waals surface area contributed by atoms with E-state index >= 15 is 0 Å². The molecule has 0 radical (unpaired) electrons. The largest absolute Gasteiger partial charge is 0.497 e. The Bertz CT molecular complexity index is 458. The van der Waals surface area contributed by atoms with E-state index in [0.29, 0.717) is 6.04 Å². The molecule has 0 spiro atoms. The average Bonchev–Trinajstić information content (AvgIpc) is 2.39. The summed E-state index contributed by atoms with van der Waals surface area (Å²) in [5.41, 5.74) is 3.24. The molecule has 1 N–H and O–H groups in total. The summed E-state index contributed by atoms with van der Waals surface area (Å²) in [6.45, 7) is 5.98.